The van der Waals surface area contributed by atoms with E-state index in [1.165, 1.54) is 51.5 Å². The number of aromatic nitrogens is 2. The highest BCUT2D eigenvalue weighted by atomic mass is 32.2. The van der Waals surface area contributed by atoms with Crippen LogP contribution in [0.2, 0.25) is 0 Å². The van der Waals surface area contributed by atoms with Crippen molar-refractivity contribution in [2.24, 2.45) is 0 Å². The molecule has 0 aliphatic heterocycles. The summed E-state index contributed by atoms with van der Waals surface area (Å²) in [5, 5.41) is 7.64. The second-order valence-electron chi connectivity index (χ2n) is 6.36. The topological polar surface area (TPSA) is 125 Å². The van der Waals surface area contributed by atoms with E-state index < -0.39 is 19.9 Å². The van der Waals surface area contributed by atoms with Crippen molar-refractivity contribution >= 4 is 25.5 Å². The molecule has 1 aromatic heterocycles. The predicted molar refractivity (Wildman–Crippen MR) is 116 cm³/mol. The molecule has 2 aromatic carbocycles. The Bertz CT molecular complexity index is 1290. The van der Waals surface area contributed by atoms with E-state index in [0.29, 0.717) is 22.7 Å². The van der Waals surface area contributed by atoms with Crippen molar-refractivity contribution in [2.45, 2.75) is 16.8 Å². The lowest BCUT2D eigenvalue weighted by molar-refractivity contribution is 0.354. The number of benzene rings is 2. The quantitative estimate of drug-likeness (QED) is 0.541. The van der Waals surface area contributed by atoms with Gasteiger partial charge in [0.05, 0.1) is 30.6 Å². The second-order valence-corrected chi connectivity index (χ2v) is 10.3. The van der Waals surface area contributed by atoms with Crippen LogP contribution >= 0.6 is 0 Å². The highest BCUT2D eigenvalue weighted by Crippen LogP contribution is 2.30. The zero-order chi connectivity index (χ0) is 22.6. The van der Waals surface area contributed by atoms with Gasteiger partial charge in [0, 0.05) is 17.3 Å². The fourth-order valence-electron chi connectivity index (χ4n) is 2.73. The minimum Gasteiger partial charge on any atom is -0.493 e. The van der Waals surface area contributed by atoms with Gasteiger partial charge < -0.3 is 9.47 Å². The molecule has 0 radical (unpaired) electrons. The van der Waals surface area contributed by atoms with Gasteiger partial charge in [-0.15, -0.1) is 10.2 Å². The fraction of sp³-hybridized carbons (Fsp3) is 0.200. The maximum atomic E-state index is 12.8. The third-order valence-electron chi connectivity index (χ3n) is 4.41. The first-order valence-electron chi connectivity index (χ1n) is 9.12. The number of sulfone groups is 1. The van der Waals surface area contributed by atoms with E-state index in [2.05, 4.69) is 14.9 Å². The van der Waals surface area contributed by atoms with Gasteiger partial charge in [0.25, 0.3) is 10.0 Å². The highest BCUT2D eigenvalue weighted by molar-refractivity contribution is 7.92. The van der Waals surface area contributed by atoms with E-state index in [-0.39, 0.29) is 21.4 Å². The van der Waals surface area contributed by atoms with E-state index in [4.69, 9.17) is 9.47 Å². The van der Waals surface area contributed by atoms with Crippen LogP contribution in [0.5, 0.6) is 11.5 Å². The van der Waals surface area contributed by atoms with Gasteiger partial charge in [-0.25, -0.2) is 16.8 Å². The summed E-state index contributed by atoms with van der Waals surface area (Å²) >= 11 is 0. The zero-order valence-electron chi connectivity index (χ0n) is 17.1. The Labute approximate surface area is 181 Å². The third kappa shape index (κ3) is 4.94. The van der Waals surface area contributed by atoms with Gasteiger partial charge in [-0.3, -0.25) is 4.72 Å². The van der Waals surface area contributed by atoms with E-state index in [1.54, 1.807) is 24.3 Å². The number of ether oxygens (including phenoxy) is 2. The number of nitrogens with zero attached hydrogens (tertiary/aromatic N) is 2. The SMILES string of the molecule is CCS(=O)(=O)c1ccc(-c2cccc(NS(=O)(=O)c3ccc(OC)c(OC)c3)c2)nn1. The van der Waals surface area contributed by atoms with Crippen LogP contribution in [0, 0.1) is 0 Å². The molecule has 11 heteroatoms. The molecule has 0 bridgehead atoms. The Kier molecular flexibility index (Phi) is 6.46. The molecule has 0 saturated carbocycles. The van der Waals surface area contributed by atoms with Gasteiger partial charge in [0.2, 0.25) is 0 Å². The Balaban J connectivity index is 1.88. The lowest BCUT2D eigenvalue weighted by Gasteiger charge is -2.12. The number of hydrogen-bond acceptors (Lipinski definition) is 8. The molecule has 0 spiro atoms. The normalized spacial score (nSPS) is 11.7. The summed E-state index contributed by atoms with van der Waals surface area (Å²) in [6, 6.07) is 13.7. The molecule has 9 nitrogen and oxygen atoms in total. The summed E-state index contributed by atoms with van der Waals surface area (Å²) in [4.78, 5) is 0.00414. The van der Waals surface area contributed by atoms with Crippen molar-refractivity contribution in [2.75, 3.05) is 24.7 Å². The van der Waals surface area contributed by atoms with Gasteiger partial charge in [0.15, 0.2) is 26.4 Å². The van der Waals surface area contributed by atoms with E-state index >= 15 is 0 Å². The third-order valence-corrected chi connectivity index (χ3v) is 7.41. The van der Waals surface area contributed by atoms with Crippen LogP contribution < -0.4 is 14.2 Å². The Morgan fingerprint density at radius 3 is 2.23 bits per heavy atom. The summed E-state index contributed by atoms with van der Waals surface area (Å²) in [5.74, 6) is 0.626. The maximum Gasteiger partial charge on any atom is 0.262 e. The van der Waals surface area contributed by atoms with Gasteiger partial charge in [-0.2, -0.15) is 0 Å². The van der Waals surface area contributed by atoms with Crippen LogP contribution in [0.4, 0.5) is 5.69 Å². The van der Waals surface area contributed by atoms with Crippen LogP contribution in [0.15, 0.2) is 64.5 Å². The van der Waals surface area contributed by atoms with Gasteiger partial charge in [-0.05, 0) is 36.4 Å². The summed E-state index contributed by atoms with van der Waals surface area (Å²) in [6.07, 6.45) is 0. The number of hydrogen-bond donors (Lipinski definition) is 1. The lowest BCUT2D eigenvalue weighted by Crippen LogP contribution is -2.13. The predicted octanol–water partition coefficient (Wildman–Crippen LogP) is 2.76. The molecular formula is C20H21N3O6S2. The molecule has 3 aromatic rings. The Morgan fingerprint density at radius 2 is 1.61 bits per heavy atom. The largest absolute Gasteiger partial charge is 0.493 e. The Morgan fingerprint density at radius 1 is 0.871 bits per heavy atom. The minimum atomic E-state index is -3.90. The number of anilines is 1. The van der Waals surface area contributed by atoms with Crippen molar-refractivity contribution in [3.63, 3.8) is 0 Å². The molecule has 3 rings (SSSR count). The van der Waals surface area contributed by atoms with E-state index in [0.717, 1.165) is 0 Å². The van der Waals surface area contributed by atoms with Gasteiger partial charge >= 0.3 is 0 Å². The number of methoxy groups -OCH3 is 2. The number of nitrogens with one attached hydrogen (secondary N) is 1. The van der Waals surface area contributed by atoms with Crippen molar-refractivity contribution in [1.29, 1.82) is 0 Å². The van der Waals surface area contributed by atoms with Gasteiger partial charge in [0.1, 0.15) is 0 Å². The second kappa shape index (κ2) is 8.90. The van der Waals surface area contributed by atoms with E-state index in [1.807, 2.05) is 0 Å². The molecule has 0 saturated heterocycles. The number of rotatable bonds is 8. The van der Waals surface area contributed by atoms with Crippen LogP contribution in [0.25, 0.3) is 11.3 Å². The molecule has 0 unspecified atom stereocenters. The first-order valence-corrected chi connectivity index (χ1v) is 12.3. The summed E-state index contributed by atoms with van der Waals surface area (Å²) in [7, 11) is -4.47. The highest BCUT2D eigenvalue weighted by Gasteiger charge is 2.18. The average molecular weight is 464 g/mol. The minimum absolute atomic E-state index is 0.00414. The standard InChI is InChI=1S/C20H21N3O6S2/c1-4-30(24,25)20-11-9-17(21-22-20)14-6-5-7-15(12-14)23-31(26,27)16-8-10-18(28-2)19(13-16)29-3/h5-13,23H,4H2,1-3H3. The van der Waals surface area contributed by atoms with Crippen molar-refractivity contribution < 1.29 is 26.3 Å². The van der Waals surface area contributed by atoms with E-state index in [9.17, 15) is 16.8 Å². The summed E-state index contributed by atoms with van der Waals surface area (Å²) in [5.41, 5.74) is 1.28. The fourth-order valence-corrected chi connectivity index (χ4v) is 4.53. The molecule has 0 atom stereocenters. The molecule has 1 heterocycles. The average Bonchev–Trinajstić information content (AvgIpc) is 2.78. The number of sulfonamides is 1. The Hall–Kier alpha value is -3.18. The van der Waals surface area contributed by atoms with Crippen LogP contribution in [-0.2, 0) is 19.9 Å². The zero-order valence-corrected chi connectivity index (χ0v) is 18.7. The van der Waals surface area contributed by atoms with Crippen LogP contribution in [0.3, 0.4) is 0 Å². The van der Waals surface area contributed by atoms with Crippen LogP contribution in [-0.4, -0.2) is 47.0 Å². The van der Waals surface area contributed by atoms with Crippen molar-refractivity contribution in [1.82, 2.24) is 10.2 Å². The first-order chi connectivity index (χ1) is 14.7. The molecule has 0 amide bonds. The monoisotopic (exact) mass is 463 g/mol. The molecule has 0 aliphatic rings. The molecular weight excluding hydrogens is 442 g/mol. The lowest BCUT2D eigenvalue weighted by atomic mass is 10.1. The molecule has 0 fully saturated rings. The molecule has 31 heavy (non-hydrogen) atoms. The molecule has 0 aliphatic carbocycles. The van der Waals surface area contributed by atoms with Crippen molar-refractivity contribution in [3.8, 4) is 22.8 Å². The van der Waals surface area contributed by atoms with Crippen molar-refractivity contribution in [3.05, 3.63) is 54.6 Å². The van der Waals surface area contributed by atoms with Crippen LogP contribution in [0.1, 0.15) is 6.92 Å². The van der Waals surface area contributed by atoms with Gasteiger partial charge in [-0.1, -0.05) is 19.1 Å². The maximum absolute atomic E-state index is 12.8. The molecule has 1 N–H and O–H groups in total. The summed E-state index contributed by atoms with van der Waals surface area (Å²) < 4.78 is 62.2. The molecule has 164 valence electrons. The smallest absolute Gasteiger partial charge is 0.262 e. The summed E-state index contributed by atoms with van der Waals surface area (Å²) in [6.45, 7) is 1.53. The first kappa shape index (κ1) is 22.5.